The smallest absolute Gasteiger partial charge is 0.270 e. The van der Waals surface area contributed by atoms with Gasteiger partial charge in [0, 0.05) is 32.2 Å². The van der Waals surface area contributed by atoms with Crippen molar-refractivity contribution in [1.29, 1.82) is 5.26 Å². The molecule has 0 spiro atoms. The van der Waals surface area contributed by atoms with Crippen LogP contribution < -0.4 is 10.5 Å². The molecule has 2 aliphatic heterocycles. The van der Waals surface area contributed by atoms with Crippen LogP contribution in [0.25, 0.3) is 6.08 Å². The number of pyridine rings is 1. The maximum atomic E-state index is 13.1. The van der Waals surface area contributed by atoms with Gasteiger partial charge in [0.05, 0.1) is 4.91 Å². The van der Waals surface area contributed by atoms with Gasteiger partial charge in [-0.1, -0.05) is 57.6 Å². The topological polar surface area (TPSA) is 69.3 Å². The second-order valence-corrected chi connectivity index (χ2v) is 10.8. The first-order valence-corrected chi connectivity index (χ1v) is 12.6. The van der Waals surface area contributed by atoms with E-state index in [2.05, 4.69) is 31.7 Å². The Bertz CT molecular complexity index is 1040. The molecule has 3 rings (SSSR count). The van der Waals surface area contributed by atoms with Gasteiger partial charge in [-0.3, -0.25) is 19.1 Å². The third kappa shape index (κ3) is 4.79. The Kier molecular flexibility index (Phi) is 7.84. The molecule has 32 heavy (non-hydrogen) atoms. The van der Waals surface area contributed by atoms with E-state index in [1.807, 2.05) is 6.08 Å². The van der Waals surface area contributed by atoms with Crippen LogP contribution in [-0.4, -0.2) is 39.3 Å². The quantitative estimate of drug-likeness (QED) is 0.346. The van der Waals surface area contributed by atoms with Crippen LogP contribution in [0.2, 0.25) is 0 Å². The van der Waals surface area contributed by atoms with Crippen molar-refractivity contribution < 1.29 is 4.79 Å². The summed E-state index contributed by atoms with van der Waals surface area (Å²) in [5.74, 6) is 1.68. The monoisotopic (exact) mass is 472 g/mol. The molecule has 0 aromatic carbocycles. The zero-order valence-electron chi connectivity index (χ0n) is 19.6. The molecular formula is C24H32N4O2S2. The summed E-state index contributed by atoms with van der Waals surface area (Å²) in [4.78, 5) is 30.5. The van der Waals surface area contributed by atoms with Crippen molar-refractivity contribution in [2.75, 3.05) is 24.5 Å². The number of anilines is 1. The van der Waals surface area contributed by atoms with E-state index in [0.29, 0.717) is 33.2 Å². The summed E-state index contributed by atoms with van der Waals surface area (Å²) >= 11 is 6.79. The SMILES string of the molecule is CCCCCN1C(=O)C(=Cc2c(C)c(C#N)c(=O)n(C)c2N2CC(C)CC(C)C2)SC1=S. The fourth-order valence-electron chi connectivity index (χ4n) is 4.77. The Balaban J connectivity index is 2.10. The van der Waals surface area contributed by atoms with Crippen molar-refractivity contribution in [3.63, 3.8) is 0 Å². The van der Waals surface area contributed by atoms with Crippen molar-refractivity contribution in [2.24, 2.45) is 18.9 Å². The molecule has 6 nitrogen and oxygen atoms in total. The van der Waals surface area contributed by atoms with Crippen LogP contribution in [0.5, 0.6) is 0 Å². The van der Waals surface area contributed by atoms with E-state index in [1.165, 1.54) is 11.8 Å². The highest BCUT2D eigenvalue weighted by Crippen LogP contribution is 2.37. The average molecular weight is 473 g/mol. The largest absolute Gasteiger partial charge is 0.357 e. The van der Waals surface area contributed by atoms with Crippen LogP contribution in [0.4, 0.5) is 5.82 Å². The van der Waals surface area contributed by atoms with Crippen molar-refractivity contribution in [2.45, 2.75) is 53.4 Å². The van der Waals surface area contributed by atoms with Gasteiger partial charge in [0.2, 0.25) is 0 Å². The fourth-order valence-corrected chi connectivity index (χ4v) is 6.06. The fraction of sp³-hybridized carbons (Fsp3) is 0.583. The number of nitriles is 1. The average Bonchev–Trinajstić information content (AvgIpc) is 2.99. The van der Waals surface area contributed by atoms with Crippen molar-refractivity contribution >= 4 is 46.1 Å². The van der Waals surface area contributed by atoms with Gasteiger partial charge in [0.1, 0.15) is 21.8 Å². The molecule has 2 fully saturated rings. The number of hydrogen-bond donors (Lipinski definition) is 0. The van der Waals surface area contributed by atoms with Crippen LogP contribution in [0.1, 0.15) is 63.1 Å². The third-order valence-corrected chi connectivity index (χ3v) is 7.65. The first kappa shape index (κ1) is 24.5. The van der Waals surface area contributed by atoms with Crippen LogP contribution in [0.15, 0.2) is 9.70 Å². The molecule has 2 saturated heterocycles. The first-order chi connectivity index (χ1) is 15.2. The summed E-state index contributed by atoms with van der Waals surface area (Å²) in [6.07, 6.45) is 6.04. The lowest BCUT2D eigenvalue weighted by atomic mass is 9.91. The molecular weight excluding hydrogens is 440 g/mol. The second kappa shape index (κ2) is 10.2. The minimum absolute atomic E-state index is 0.0887. The van der Waals surface area contributed by atoms with Gasteiger partial charge >= 0.3 is 0 Å². The molecule has 3 heterocycles. The highest BCUT2D eigenvalue weighted by Gasteiger charge is 2.33. The molecule has 0 aliphatic carbocycles. The van der Waals surface area contributed by atoms with E-state index >= 15 is 0 Å². The van der Waals surface area contributed by atoms with Crippen LogP contribution in [0.3, 0.4) is 0 Å². The number of rotatable bonds is 6. The van der Waals surface area contributed by atoms with E-state index in [-0.39, 0.29) is 17.0 Å². The zero-order chi connectivity index (χ0) is 23.6. The normalized spacial score (nSPS) is 22.7. The summed E-state index contributed by atoms with van der Waals surface area (Å²) < 4.78 is 2.14. The van der Waals surface area contributed by atoms with E-state index < -0.39 is 0 Å². The number of carbonyl (C=O) groups is 1. The predicted molar refractivity (Wildman–Crippen MR) is 136 cm³/mol. The lowest BCUT2D eigenvalue weighted by Gasteiger charge is -2.38. The zero-order valence-corrected chi connectivity index (χ0v) is 21.2. The Morgan fingerprint density at radius 2 is 1.88 bits per heavy atom. The van der Waals surface area contributed by atoms with Crippen molar-refractivity contribution in [1.82, 2.24) is 9.47 Å². The molecule has 0 radical (unpaired) electrons. The molecule has 0 saturated carbocycles. The Labute approximate surface area is 200 Å². The summed E-state index contributed by atoms with van der Waals surface area (Å²) in [5.41, 5.74) is 1.21. The van der Waals surface area contributed by atoms with Gasteiger partial charge in [-0.2, -0.15) is 5.26 Å². The highest BCUT2D eigenvalue weighted by molar-refractivity contribution is 8.26. The molecule has 2 unspecified atom stereocenters. The van der Waals surface area contributed by atoms with E-state index in [1.54, 1.807) is 23.4 Å². The summed E-state index contributed by atoms with van der Waals surface area (Å²) in [7, 11) is 1.72. The number of thiocarbonyl (C=S) groups is 1. The number of piperidine rings is 1. The van der Waals surface area contributed by atoms with E-state index in [0.717, 1.165) is 50.2 Å². The number of hydrogen-bond acceptors (Lipinski definition) is 6. The number of unbranched alkanes of at least 4 members (excludes halogenated alkanes) is 2. The molecule has 1 amide bonds. The maximum absolute atomic E-state index is 13.1. The lowest BCUT2D eigenvalue weighted by Crippen LogP contribution is -2.42. The molecule has 2 aliphatic rings. The van der Waals surface area contributed by atoms with Crippen LogP contribution >= 0.6 is 24.0 Å². The standard InChI is InChI=1S/C24H32N4O2S2/c1-6-7-8-9-28-23(30)20(32-24(28)31)11-18-17(4)19(12-25)22(29)26(5)21(18)27-13-15(2)10-16(3)14-27/h11,15-16H,6-10,13-14H2,1-5H3. The molecule has 0 N–H and O–H groups in total. The minimum Gasteiger partial charge on any atom is -0.357 e. The van der Waals surface area contributed by atoms with Crippen molar-refractivity contribution in [3.05, 3.63) is 31.9 Å². The van der Waals surface area contributed by atoms with Crippen LogP contribution in [0, 0.1) is 30.1 Å². The molecule has 2 atom stereocenters. The lowest BCUT2D eigenvalue weighted by molar-refractivity contribution is -0.122. The number of aromatic nitrogens is 1. The number of nitrogens with zero attached hydrogens (tertiary/aromatic N) is 4. The Morgan fingerprint density at radius 3 is 2.47 bits per heavy atom. The number of amides is 1. The minimum atomic E-state index is -0.296. The summed E-state index contributed by atoms with van der Waals surface area (Å²) in [5, 5.41) is 9.65. The molecule has 1 aromatic heterocycles. The molecule has 172 valence electrons. The third-order valence-electron chi connectivity index (χ3n) is 6.27. The first-order valence-electron chi connectivity index (χ1n) is 11.3. The predicted octanol–water partition coefficient (Wildman–Crippen LogP) is 4.44. The van der Waals surface area contributed by atoms with E-state index in [4.69, 9.17) is 12.2 Å². The van der Waals surface area contributed by atoms with Gasteiger partial charge in [-0.05, 0) is 43.2 Å². The van der Waals surface area contributed by atoms with Gasteiger partial charge in [-0.15, -0.1) is 0 Å². The Morgan fingerprint density at radius 1 is 1.22 bits per heavy atom. The highest BCUT2D eigenvalue weighted by atomic mass is 32.2. The van der Waals surface area contributed by atoms with Crippen LogP contribution in [-0.2, 0) is 11.8 Å². The Hall–Kier alpha value is -2.11. The number of carbonyl (C=O) groups excluding carboxylic acids is 1. The van der Waals surface area contributed by atoms with Gasteiger partial charge in [0.15, 0.2) is 0 Å². The van der Waals surface area contributed by atoms with Gasteiger partial charge in [0.25, 0.3) is 11.5 Å². The summed E-state index contributed by atoms with van der Waals surface area (Å²) in [6, 6.07) is 2.07. The second-order valence-electron chi connectivity index (χ2n) is 9.10. The summed E-state index contributed by atoms with van der Waals surface area (Å²) in [6.45, 7) is 10.7. The maximum Gasteiger partial charge on any atom is 0.270 e. The van der Waals surface area contributed by atoms with Gasteiger partial charge < -0.3 is 4.90 Å². The van der Waals surface area contributed by atoms with E-state index in [9.17, 15) is 14.9 Å². The van der Waals surface area contributed by atoms with Gasteiger partial charge in [-0.25, -0.2) is 0 Å². The molecule has 0 bridgehead atoms. The van der Waals surface area contributed by atoms with Crippen molar-refractivity contribution in [3.8, 4) is 6.07 Å². The molecule has 8 heteroatoms. The number of thioether (sulfide) groups is 1. The molecule has 1 aromatic rings.